The van der Waals surface area contributed by atoms with Gasteiger partial charge in [-0.25, -0.2) is 0 Å². The fraction of sp³-hybridized carbons (Fsp3) is 0.286. The van der Waals surface area contributed by atoms with Crippen LogP contribution in [0.15, 0.2) is 24.7 Å². The molecule has 0 aliphatic carbocycles. The van der Waals surface area contributed by atoms with Crippen LogP contribution < -0.4 is 29.9 Å². The number of rotatable bonds is 5. The molecule has 2 rings (SSSR count). The number of benzene rings is 1. The summed E-state index contributed by atoms with van der Waals surface area (Å²) >= 11 is 0. The zero-order chi connectivity index (χ0) is 14.5. The summed E-state index contributed by atoms with van der Waals surface area (Å²) in [7, 11) is 4.78. The number of H-pyrrole nitrogens is 2. The van der Waals surface area contributed by atoms with Crippen molar-refractivity contribution >= 4 is 5.82 Å². The molecule has 4 N–H and O–H groups in total. The van der Waals surface area contributed by atoms with E-state index in [0.717, 1.165) is 11.1 Å². The number of anilines is 1. The van der Waals surface area contributed by atoms with Crippen molar-refractivity contribution in [2.24, 2.45) is 0 Å². The molecule has 0 fully saturated rings. The molecular weight excluding hydrogens is 258 g/mol. The molecule has 0 saturated heterocycles. The predicted octanol–water partition coefficient (Wildman–Crippen LogP) is 0.514. The molecule has 0 atom stereocenters. The molecule has 1 heterocycles. The highest BCUT2D eigenvalue weighted by atomic mass is 16.5. The average molecular weight is 277 g/mol. The van der Waals surface area contributed by atoms with Crippen molar-refractivity contribution in [1.82, 2.24) is 0 Å². The summed E-state index contributed by atoms with van der Waals surface area (Å²) < 4.78 is 16.0. The van der Waals surface area contributed by atoms with E-state index in [1.54, 1.807) is 27.7 Å². The topological polar surface area (TPSA) is 82.0 Å². The SMILES string of the molecule is COc1cc(Cc2c[nH+]c[nH+]c2N)cc(OC)c1OC. The van der Waals surface area contributed by atoms with E-state index >= 15 is 0 Å². The summed E-state index contributed by atoms with van der Waals surface area (Å²) in [5, 5.41) is 0. The summed E-state index contributed by atoms with van der Waals surface area (Å²) in [5.41, 5.74) is 7.88. The number of hydrogen-bond donors (Lipinski definition) is 1. The highest BCUT2D eigenvalue weighted by Crippen LogP contribution is 2.38. The van der Waals surface area contributed by atoms with Crippen LogP contribution >= 0.6 is 0 Å². The van der Waals surface area contributed by atoms with Gasteiger partial charge in [0, 0.05) is 6.42 Å². The number of ether oxygens (including phenoxy) is 3. The van der Waals surface area contributed by atoms with Crippen LogP contribution in [0.4, 0.5) is 5.82 Å². The second kappa shape index (κ2) is 6.10. The predicted molar refractivity (Wildman–Crippen MR) is 72.9 cm³/mol. The van der Waals surface area contributed by atoms with E-state index < -0.39 is 0 Å². The highest BCUT2D eigenvalue weighted by molar-refractivity contribution is 5.54. The normalized spacial score (nSPS) is 10.2. The van der Waals surface area contributed by atoms with Gasteiger partial charge in [-0.1, -0.05) is 0 Å². The van der Waals surface area contributed by atoms with Crippen molar-refractivity contribution in [2.45, 2.75) is 6.42 Å². The van der Waals surface area contributed by atoms with Gasteiger partial charge in [0.25, 0.3) is 5.82 Å². The van der Waals surface area contributed by atoms with Crippen molar-refractivity contribution in [3.63, 3.8) is 0 Å². The lowest BCUT2D eigenvalue weighted by Crippen LogP contribution is -2.21. The van der Waals surface area contributed by atoms with Gasteiger partial charge in [0.2, 0.25) is 5.75 Å². The lowest BCUT2D eigenvalue weighted by atomic mass is 10.1. The van der Waals surface area contributed by atoms with Gasteiger partial charge in [0.15, 0.2) is 17.7 Å². The number of nitrogen functional groups attached to an aromatic ring is 1. The molecule has 1 aromatic heterocycles. The summed E-state index contributed by atoms with van der Waals surface area (Å²) in [6.45, 7) is 0. The van der Waals surface area contributed by atoms with Crippen LogP contribution in [0.5, 0.6) is 17.2 Å². The Kier molecular flexibility index (Phi) is 4.24. The van der Waals surface area contributed by atoms with E-state index in [-0.39, 0.29) is 0 Å². The lowest BCUT2D eigenvalue weighted by molar-refractivity contribution is -0.523. The Bertz CT molecular complexity index is 577. The van der Waals surface area contributed by atoms with Gasteiger partial charge >= 0.3 is 6.33 Å². The molecule has 6 nitrogen and oxygen atoms in total. The van der Waals surface area contributed by atoms with Gasteiger partial charge in [-0.2, -0.15) is 4.98 Å². The maximum absolute atomic E-state index is 5.90. The molecule has 0 aliphatic rings. The molecule has 0 saturated carbocycles. The number of nitrogens with two attached hydrogens (primary N) is 1. The number of aromatic amines is 2. The largest absolute Gasteiger partial charge is 0.493 e. The third-order valence-corrected chi connectivity index (χ3v) is 3.03. The molecule has 0 aliphatic heterocycles. The number of methoxy groups -OCH3 is 3. The van der Waals surface area contributed by atoms with E-state index in [1.807, 2.05) is 18.3 Å². The summed E-state index contributed by atoms with van der Waals surface area (Å²) in [5.74, 6) is 2.46. The average Bonchev–Trinajstić information content (AvgIpc) is 2.48. The molecular formula is C14H19N3O3+2. The molecule has 2 aromatic rings. The fourth-order valence-corrected chi connectivity index (χ4v) is 2.04. The summed E-state index contributed by atoms with van der Waals surface area (Å²) in [4.78, 5) is 5.91. The van der Waals surface area contributed by atoms with Crippen molar-refractivity contribution in [2.75, 3.05) is 27.1 Å². The number of hydrogen-bond acceptors (Lipinski definition) is 4. The van der Waals surface area contributed by atoms with E-state index in [2.05, 4.69) is 9.97 Å². The van der Waals surface area contributed by atoms with Crippen LogP contribution in [0.3, 0.4) is 0 Å². The fourth-order valence-electron chi connectivity index (χ4n) is 2.04. The Balaban J connectivity index is 2.40. The van der Waals surface area contributed by atoms with Crippen molar-refractivity contribution in [3.05, 3.63) is 35.8 Å². The summed E-state index contributed by atoms with van der Waals surface area (Å²) in [6, 6.07) is 3.82. The minimum Gasteiger partial charge on any atom is -0.493 e. The Morgan fingerprint density at radius 2 is 1.70 bits per heavy atom. The molecule has 0 radical (unpaired) electrons. The van der Waals surface area contributed by atoms with E-state index in [4.69, 9.17) is 19.9 Å². The van der Waals surface area contributed by atoms with E-state index in [1.165, 1.54) is 0 Å². The molecule has 106 valence electrons. The maximum Gasteiger partial charge on any atom is 0.405 e. The highest BCUT2D eigenvalue weighted by Gasteiger charge is 2.16. The molecule has 0 bridgehead atoms. The zero-order valence-corrected chi connectivity index (χ0v) is 11.8. The first-order chi connectivity index (χ1) is 9.69. The smallest absolute Gasteiger partial charge is 0.405 e. The van der Waals surface area contributed by atoms with Crippen LogP contribution in [-0.4, -0.2) is 21.3 Å². The van der Waals surface area contributed by atoms with Crippen molar-refractivity contribution < 1.29 is 24.2 Å². The van der Waals surface area contributed by atoms with Gasteiger partial charge in [-0.05, 0) is 17.7 Å². The Labute approximate surface area is 117 Å². The Morgan fingerprint density at radius 1 is 1.05 bits per heavy atom. The first-order valence-electron chi connectivity index (χ1n) is 6.14. The second-order valence-corrected chi connectivity index (χ2v) is 4.25. The number of nitrogens with one attached hydrogen (secondary N) is 2. The quantitative estimate of drug-likeness (QED) is 0.863. The van der Waals surface area contributed by atoms with Gasteiger partial charge in [-0.3, -0.25) is 0 Å². The molecule has 1 aromatic carbocycles. The minimum atomic E-state index is 0.581. The zero-order valence-electron chi connectivity index (χ0n) is 11.8. The molecule has 0 amide bonds. The van der Waals surface area contributed by atoms with E-state index in [0.29, 0.717) is 29.5 Å². The van der Waals surface area contributed by atoms with Gasteiger partial charge < -0.3 is 19.9 Å². The van der Waals surface area contributed by atoms with Crippen LogP contribution in [0.2, 0.25) is 0 Å². The molecule has 6 heteroatoms. The van der Waals surface area contributed by atoms with E-state index in [9.17, 15) is 0 Å². The third-order valence-electron chi connectivity index (χ3n) is 3.03. The van der Waals surface area contributed by atoms with Crippen LogP contribution in [0.25, 0.3) is 0 Å². The monoisotopic (exact) mass is 277 g/mol. The molecule has 0 unspecified atom stereocenters. The second-order valence-electron chi connectivity index (χ2n) is 4.25. The maximum atomic E-state index is 5.90. The van der Waals surface area contributed by atoms with Gasteiger partial charge in [0.1, 0.15) is 5.56 Å². The lowest BCUT2D eigenvalue weighted by Gasteiger charge is -2.13. The standard InChI is InChI=1S/C14H17N3O3/c1-18-11-5-9(6-12(19-2)13(11)20-3)4-10-7-16-8-17-14(10)15/h5-8H,4H2,1-3H3,(H2,15,16,17)/p+2. The van der Waals surface area contributed by atoms with Crippen LogP contribution in [0, 0.1) is 0 Å². The van der Waals surface area contributed by atoms with Gasteiger partial charge in [0.05, 0.1) is 21.3 Å². The van der Waals surface area contributed by atoms with Crippen molar-refractivity contribution in [1.29, 1.82) is 0 Å². The molecule has 20 heavy (non-hydrogen) atoms. The first kappa shape index (κ1) is 13.9. The first-order valence-corrected chi connectivity index (χ1v) is 6.14. The van der Waals surface area contributed by atoms with Crippen LogP contribution in [-0.2, 0) is 6.42 Å². The van der Waals surface area contributed by atoms with Crippen LogP contribution in [0.1, 0.15) is 11.1 Å². The number of aromatic nitrogens is 2. The Hall–Kier alpha value is -2.50. The molecule has 0 spiro atoms. The third kappa shape index (κ3) is 2.74. The minimum absolute atomic E-state index is 0.581. The van der Waals surface area contributed by atoms with Gasteiger partial charge in [-0.15, -0.1) is 4.98 Å². The Morgan fingerprint density at radius 3 is 2.20 bits per heavy atom. The van der Waals surface area contributed by atoms with Crippen molar-refractivity contribution in [3.8, 4) is 17.2 Å². The summed E-state index contributed by atoms with van der Waals surface area (Å²) in [6.07, 6.45) is 4.18.